The zero-order valence-electron chi connectivity index (χ0n) is 20.2. The van der Waals surface area contributed by atoms with Gasteiger partial charge in [-0.25, -0.2) is 18.6 Å². The van der Waals surface area contributed by atoms with E-state index in [-0.39, 0.29) is 36.9 Å². The number of ether oxygens (including phenoxy) is 1. The van der Waals surface area contributed by atoms with Crippen molar-refractivity contribution in [2.75, 3.05) is 13.1 Å². The van der Waals surface area contributed by atoms with Crippen molar-refractivity contribution in [2.45, 2.75) is 44.2 Å². The smallest absolute Gasteiger partial charge is 0.245 e. The van der Waals surface area contributed by atoms with Gasteiger partial charge in [0, 0.05) is 36.7 Å². The number of amides is 2. The highest BCUT2D eigenvalue weighted by molar-refractivity contribution is 7.89. The lowest BCUT2D eigenvalue weighted by atomic mass is 9.87. The molecule has 11 heteroatoms. The molecule has 10 nitrogen and oxygen atoms in total. The highest BCUT2D eigenvalue weighted by Gasteiger charge is 2.48. The fraction of sp³-hybridized carbons (Fsp3) is 0.320. The first-order chi connectivity index (χ1) is 17.0. The molecular weight excluding hydrogens is 484 g/mol. The van der Waals surface area contributed by atoms with Crippen LogP contribution in [0, 0.1) is 13.8 Å². The van der Waals surface area contributed by atoms with E-state index in [1.165, 1.54) is 23.4 Å². The van der Waals surface area contributed by atoms with Gasteiger partial charge in [-0.05, 0) is 49.7 Å². The van der Waals surface area contributed by atoms with Crippen LogP contribution >= 0.6 is 0 Å². The van der Waals surface area contributed by atoms with Gasteiger partial charge in [-0.2, -0.15) is 0 Å². The highest BCUT2D eigenvalue weighted by atomic mass is 32.2. The summed E-state index contributed by atoms with van der Waals surface area (Å²) in [6.07, 6.45) is -0.313. The van der Waals surface area contributed by atoms with E-state index in [9.17, 15) is 18.0 Å². The molecule has 3 N–H and O–H groups in total. The van der Waals surface area contributed by atoms with Crippen molar-refractivity contribution in [2.24, 2.45) is 0 Å². The van der Waals surface area contributed by atoms with Crippen molar-refractivity contribution in [3.63, 3.8) is 0 Å². The molecule has 190 valence electrons. The first-order valence-electron chi connectivity index (χ1n) is 11.3. The SMILES string of the molecule is CC(=O)N1CC(CC(=O)NO)(NS(=O)(=O)c2ccc(OCc3cc(C)nc4ccccc34)cc2C)C1. The maximum absolute atomic E-state index is 13.2. The number of hydrogen-bond acceptors (Lipinski definition) is 7. The maximum atomic E-state index is 13.2. The number of likely N-dealkylation sites (tertiary alicyclic amines) is 1. The average molecular weight is 513 g/mol. The molecule has 0 atom stereocenters. The van der Waals surface area contributed by atoms with Gasteiger partial charge >= 0.3 is 0 Å². The third-order valence-corrected chi connectivity index (χ3v) is 7.91. The molecule has 0 saturated carbocycles. The molecule has 0 aliphatic carbocycles. The molecule has 0 unspecified atom stereocenters. The number of aryl methyl sites for hydroxylation is 2. The van der Waals surface area contributed by atoms with Gasteiger partial charge < -0.3 is 9.64 Å². The number of pyridine rings is 1. The lowest BCUT2D eigenvalue weighted by molar-refractivity contribution is -0.141. The number of carbonyl (C=O) groups is 2. The van der Waals surface area contributed by atoms with Crippen molar-refractivity contribution in [3.05, 3.63) is 65.4 Å². The summed E-state index contributed by atoms with van der Waals surface area (Å²) in [5.41, 5.74) is 3.49. The Balaban J connectivity index is 1.52. The molecule has 2 aromatic carbocycles. The van der Waals surface area contributed by atoms with Crippen molar-refractivity contribution in [3.8, 4) is 5.75 Å². The molecule has 1 aromatic heterocycles. The molecule has 1 aliphatic rings. The van der Waals surface area contributed by atoms with Gasteiger partial charge in [0.1, 0.15) is 12.4 Å². The van der Waals surface area contributed by atoms with E-state index in [0.29, 0.717) is 11.3 Å². The number of aromatic nitrogens is 1. The number of benzene rings is 2. The quantitative estimate of drug-likeness (QED) is 0.311. The summed E-state index contributed by atoms with van der Waals surface area (Å²) < 4.78 is 35.0. The minimum atomic E-state index is -4.04. The number of carbonyl (C=O) groups excluding carboxylic acids is 2. The standard InChI is InChI=1S/C25H28N4O6S/c1-16-10-20(35-13-19-11-17(2)26-22-7-5-4-6-21(19)22)8-9-23(16)36(33,34)28-25(12-24(31)27-32)14-29(15-25)18(3)30/h4-11,28,32H,12-15H2,1-3H3,(H,27,31). The predicted octanol–water partition coefficient (Wildman–Crippen LogP) is 2.21. The molecule has 1 saturated heterocycles. The van der Waals surface area contributed by atoms with E-state index in [2.05, 4.69) is 9.71 Å². The van der Waals surface area contributed by atoms with Gasteiger partial charge in [-0.1, -0.05) is 18.2 Å². The number of nitrogens with zero attached hydrogens (tertiary/aromatic N) is 2. The highest BCUT2D eigenvalue weighted by Crippen LogP contribution is 2.29. The summed E-state index contributed by atoms with van der Waals surface area (Å²) >= 11 is 0. The summed E-state index contributed by atoms with van der Waals surface area (Å²) in [5, 5.41) is 9.90. The lowest BCUT2D eigenvalue weighted by Gasteiger charge is -2.49. The van der Waals surface area contributed by atoms with Gasteiger partial charge in [0.15, 0.2) is 0 Å². The van der Waals surface area contributed by atoms with Crippen molar-refractivity contribution < 1.29 is 28.0 Å². The Morgan fingerprint density at radius 1 is 1.14 bits per heavy atom. The number of para-hydroxylation sites is 1. The average Bonchev–Trinajstić information content (AvgIpc) is 2.79. The molecule has 4 rings (SSSR count). The predicted molar refractivity (Wildman–Crippen MR) is 132 cm³/mol. The van der Waals surface area contributed by atoms with E-state index < -0.39 is 21.5 Å². The van der Waals surface area contributed by atoms with Gasteiger partial charge in [0.25, 0.3) is 0 Å². The zero-order chi connectivity index (χ0) is 26.1. The van der Waals surface area contributed by atoms with Crippen LogP contribution in [0.2, 0.25) is 0 Å². The number of hydroxylamine groups is 1. The summed E-state index contributed by atoms with van der Waals surface area (Å²) in [6.45, 7) is 5.27. The van der Waals surface area contributed by atoms with Crippen molar-refractivity contribution >= 4 is 32.7 Å². The Morgan fingerprint density at radius 3 is 2.53 bits per heavy atom. The molecular formula is C25H28N4O6S. The van der Waals surface area contributed by atoms with Gasteiger partial charge in [0.05, 0.1) is 22.4 Å². The van der Waals surface area contributed by atoms with E-state index in [0.717, 1.165) is 22.2 Å². The molecule has 0 spiro atoms. The summed E-state index contributed by atoms with van der Waals surface area (Å²) in [7, 11) is -4.04. The number of rotatable bonds is 8. The van der Waals surface area contributed by atoms with Crippen molar-refractivity contribution in [1.82, 2.24) is 20.1 Å². The third kappa shape index (κ3) is 5.32. The molecule has 2 amide bonds. The van der Waals surface area contributed by atoms with Gasteiger partial charge in [0.2, 0.25) is 21.8 Å². The van der Waals surface area contributed by atoms with Crippen LogP contribution in [0.25, 0.3) is 10.9 Å². The molecule has 1 aliphatic heterocycles. The van der Waals surface area contributed by atoms with Crippen molar-refractivity contribution in [1.29, 1.82) is 0 Å². The van der Waals surface area contributed by atoms with Crippen LogP contribution < -0.4 is 14.9 Å². The van der Waals surface area contributed by atoms with E-state index >= 15 is 0 Å². The van der Waals surface area contributed by atoms with E-state index in [1.54, 1.807) is 19.1 Å². The van der Waals surface area contributed by atoms with Crippen LogP contribution in [-0.2, 0) is 26.2 Å². The molecule has 1 fully saturated rings. The number of sulfonamides is 1. The van der Waals surface area contributed by atoms with E-state index in [4.69, 9.17) is 9.94 Å². The minimum absolute atomic E-state index is 0.0224. The first kappa shape index (κ1) is 25.5. The van der Waals surface area contributed by atoms with Crippen LogP contribution in [0.4, 0.5) is 0 Å². The second-order valence-corrected chi connectivity index (χ2v) is 10.8. The maximum Gasteiger partial charge on any atom is 0.245 e. The van der Waals surface area contributed by atoms with Crippen LogP contribution in [0.15, 0.2) is 53.4 Å². The number of nitrogens with one attached hydrogen (secondary N) is 2. The monoisotopic (exact) mass is 512 g/mol. The molecule has 3 aromatic rings. The van der Waals surface area contributed by atoms with Gasteiger partial charge in [-0.3, -0.25) is 19.8 Å². The third-order valence-electron chi connectivity index (χ3n) is 6.17. The largest absolute Gasteiger partial charge is 0.489 e. The van der Waals surface area contributed by atoms with Crippen LogP contribution in [-0.4, -0.2) is 54.0 Å². The second kappa shape index (κ2) is 9.84. The Morgan fingerprint density at radius 2 is 1.86 bits per heavy atom. The number of fused-ring (bicyclic) bond motifs is 1. The van der Waals surface area contributed by atoms with Crippen LogP contribution in [0.5, 0.6) is 5.75 Å². The summed E-state index contributed by atoms with van der Waals surface area (Å²) in [4.78, 5) is 29.4. The Hall–Kier alpha value is -3.54. The number of hydrogen-bond donors (Lipinski definition) is 3. The normalized spacial score (nSPS) is 14.8. The zero-order valence-corrected chi connectivity index (χ0v) is 21.1. The Bertz CT molecular complexity index is 1430. The minimum Gasteiger partial charge on any atom is -0.489 e. The van der Waals surface area contributed by atoms with E-state index in [1.807, 2.05) is 37.3 Å². The first-order valence-corrected chi connectivity index (χ1v) is 12.8. The molecule has 0 bridgehead atoms. The fourth-order valence-electron chi connectivity index (χ4n) is 4.49. The lowest BCUT2D eigenvalue weighted by Crippen LogP contribution is -2.71. The summed E-state index contributed by atoms with van der Waals surface area (Å²) in [6, 6.07) is 14.4. The summed E-state index contributed by atoms with van der Waals surface area (Å²) in [5.74, 6) is -0.477. The molecule has 0 radical (unpaired) electrons. The van der Waals surface area contributed by atoms with Gasteiger partial charge in [-0.15, -0.1) is 0 Å². The topological polar surface area (TPSA) is 138 Å². The Labute approximate surface area is 209 Å². The fourth-order valence-corrected chi connectivity index (χ4v) is 6.11. The van der Waals surface area contributed by atoms with Crippen LogP contribution in [0.3, 0.4) is 0 Å². The second-order valence-electron chi connectivity index (χ2n) is 9.13. The van der Waals surface area contributed by atoms with Crippen LogP contribution in [0.1, 0.15) is 30.2 Å². The molecule has 2 heterocycles. The Kier molecular flexibility index (Phi) is 6.98. The molecule has 36 heavy (non-hydrogen) atoms.